The summed E-state index contributed by atoms with van der Waals surface area (Å²) in [7, 11) is 0. The van der Waals surface area contributed by atoms with Crippen molar-refractivity contribution >= 4 is 5.97 Å². The van der Waals surface area contributed by atoms with E-state index in [-0.39, 0.29) is 0 Å². The van der Waals surface area contributed by atoms with Crippen molar-refractivity contribution in [3.05, 3.63) is 42.5 Å². The Kier molecular flexibility index (Phi) is 3.34. The fourth-order valence-electron chi connectivity index (χ4n) is 1.35. The van der Waals surface area contributed by atoms with Crippen LogP contribution in [0.5, 0.6) is 0 Å². The first-order valence-corrected chi connectivity index (χ1v) is 5.26. The van der Waals surface area contributed by atoms with E-state index in [2.05, 4.69) is 10.1 Å². The van der Waals surface area contributed by atoms with Crippen molar-refractivity contribution in [1.82, 2.24) is 14.8 Å². The molecule has 0 saturated heterocycles. The highest BCUT2D eigenvalue weighted by molar-refractivity contribution is 5.89. The summed E-state index contributed by atoms with van der Waals surface area (Å²) in [5.74, 6) is -0.519. The second kappa shape index (κ2) is 5.10. The Bertz CT molecular complexity index is 569. The Balaban J connectivity index is 2.13. The molecule has 2 rings (SSSR count). The molecule has 0 saturated carbocycles. The van der Waals surface area contributed by atoms with Crippen LogP contribution in [-0.2, 0) is 4.74 Å². The molecule has 90 valence electrons. The van der Waals surface area contributed by atoms with Crippen molar-refractivity contribution in [1.29, 1.82) is 5.26 Å². The molecule has 1 aromatic carbocycles. The number of benzene rings is 1. The normalized spacial score (nSPS) is 11.6. The van der Waals surface area contributed by atoms with Gasteiger partial charge in [0.15, 0.2) is 6.10 Å². The predicted molar refractivity (Wildman–Crippen MR) is 61.8 cm³/mol. The van der Waals surface area contributed by atoms with Gasteiger partial charge in [0, 0.05) is 0 Å². The fraction of sp³-hybridized carbons (Fsp3) is 0.167. The minimum Gasteiger partial charge on any atom is -0.444 e. The fourth-order valence-corrected chi connectivity index (χ4v) is 1.35. The van der Waals surface area contributed by atoms with E-state index in [0.717, 1.165) is 5.69 Å². The molecule has 1 atom stereocenters. The number of carbonyl (C=O) groups excluding carboxylic acids is 1. The molecular weight excluding hydrogens is 232 g/mol. The van der Waals surface area contributed by atoms with Gasteiger partial charge < -0.3 is 4.74 Å². The number of nitrogens with zero attached hydrogens (tertiary/aromatic N) is 4. The molecule has 0 aliphatic rings. The van der Waals surface area contributed by atoms with Crippen molar-refractivity contribution in [2.75, 3.05) is 0 Å². The van der Waals surface area contributed by atoms with Crippen LogP contribution in [-0.4, -0.2) is 26.8 Å². The summed E-state index contributed by atoms with van der Waals surface area (Å²) in [6.07, 6.45) is 2.23. The zero-order valence-electron chi connectivity index (χ0n) is 9.65. The van der Waals surface area contributed by atoms with Crippen LogP contribution in [0.2, 0.25) is 0 Å². The molecule has 0 aliphatic heterocycles. The molecule has 0 aliphatic carbocycles. The van der Waals surface area contributed by atoms with Gasteiger partial charge in [-0.2, -0.15) is 10.4 Å². The lowest BCUT2D eigenvalue weighted by Crippen LogP contribution is -2.13. The summed E-state index contributed by atoms with van der Waals surface area (Å²) in [5, 5.41) is 12.5. The smallest absolute Gasteiger partial charge is 0.339 e. The van der Waals surface area contributed by atoms with Gasteiger partial charge in [0.25, 0.3) is 0 Å². The van der Waals surface area contributed by atoms with Crippen LogP contribution >= 0.6 is 0 Å². The van der Waals surface area contributed by atoms with Gasteiger partial charge in [-0.15, -0.1) is 0 Å². The van der Waals surface area contributed by atoms with E-state index in [9.17, 15) is 4.79 Å². The monoisotopic (exact) mass is 242 g/mol. The topological polar surface area (TPSA) is 80.8 Å². The van der Waals surface area contributed by atoms with E-state index in [4.69, 9.17) is 10.00 Å². The second-order valence-electron chi connectivity index (χ2n) is 3.56. The number of carbonyl (C=O) groups is 1. The number of esters is 1. The number of nitriles is 1. The number of aromatic nitrogens is 3. The molecule has 6 nitrogen and oxygen atoms in total. The van der Waals surface area contributed by atoms with Crippen LogP contribution < -0.4 is 0 Å². The molecule has 0 unspecified atom stereocenters. The first kappa shape index (κ1) is 11.8. The van der Waals surface area contributed by atoms with Gasteiger partial charge in [-0.3, -0.25) is 0 Å². The highest BCUT2D eigenvalue weighted by Crippen LogP contribution is 2.09. The van der Waals surface area contributed by atoms with Crippen molar-refractivity contribution in [3.63, 3.8) is 0 Å². The molecule has 1 aromatic heterocycles. The Hall–Kier alpha value is -2.68. The number of hydrogen-bond donors (Lipinski definition) is 0. The van der Waals surface area contributed by atoms with Gasteiger partial charge in [-0.1, -0.05) is 0 Å². The molecule has 18 heavy (non-hydrogen) atoms. The standard InChI is InChI=1S/C12H10N4O2/c1-9(6-13)18-12(17)10-2-4-11(5-3-10)16-8-14-7-15-16/h2-5,7-9H,1H3/t9-/m0/s1. The summed E-state index contributed by atoms with van der Waals surface area (Å²) in [6, 6.07) is 8.51. The Morgan fingerprint density at radius 2 is 2.17 bits per heavy atom. The largest absolute Gasteiger partial charge is 0.444 e. The third kappa shape index (κ3) is 2.52. The average Bonchev–Trinajstić information content (AvgIpc) is 2.92. The summed E-state index contributed by atoms with van der Waals surface area (Å²) in [4.78, 5) is 15.4. The van der Waals surface area contributed by atoms with Crippen LogP contribution in [0.15, 0.2) is 36.9 Å². The van der Waals surface area contributed by atoms with E-state index >= 15 is 0 Å². The van der Waals surface area contributed by atoms with Crippen molar-refractivity contribution < 1.29 is 9.53 Å². The average molecular weight is 242 g/mol. The SMILES string of the molecule is C[C@@H](C#N)OC(=O)c1ccc(-n2cncn2)cc1. The van der Waals surface area contributed by atoms with Gasteiger partial charge in [0.1, 0.15) is 18.7 Å². The number of hydrogen-bond acceptors (Lipinski definition) is 5. The Morgan fingerprint density at radius 1 is 1.44 bits per heavy atom. The molecule has 0 radical (unpaired) electrons. The van der Waals surface area contributed by atoms with Crippen LogP contribution in [0.1, 0.15) is 17.3 Å². The third-order valence-electron chi connectivity index (χ3n) is 2.25. The van der Waals surface area contributed by atoms with Crippen LogP contribution in [0.4, 0.5) is 0 Å². The predicted octanol–water partition coefficient (Wildman–Crippen LogP) is 1.34. The zero-order chi connectivity index (χ0) is 13.0. The van der Waals surface area contributed by atoms with Gasteiger partial charge in [0.2, 0.25) is 0 Å². The second-order valence-corrected chi connectivity index (χ2v) is 3.56. The van der Waals surface area contributed by atoms with Gasteiger partial charge in [0.05, 0.1) is 11.3 Å². The van der Waals surface area contributed by atoms with Gasteiger partial charge >= 0.3 is 5.97 Å². The Morgan fingerprint density at radius 3 is 2.72 bits per heavy atom. The summed E-state index contributed by atoms with van der Waals surface area (Å²) < 4.78 is 6.46. The van der Waals surface area contributed by atoms with Crippen molar-refractivity contribution in [2.24, 2.45) is 0 Å². The van der Waals surface area contributed by atoms with Crippen molar-refractivity contribution in [2.45, 2.75) is 13.0 Å². The van der Waals surface area contributed by atoms with Crippen molar-refractivity contribution in [3.8, 4) is 11.8 Å². The van der Waals surface area contributed by atoms with Crippen LogP contribution in [0, 0.1) is 11.3 Å². The first-order valence-electron chi connectivity index (χ1n) is 5.26. The molecule has 6 heteroatoms. The van der Waals surface area contributed by atoms with E-state index in [0.29, 0.717) is 5.56 Å². The minimum atomic E-state index is -0.757. The van der Waals surface area contributed by atoms with E-state index in [1.807, 2.05) is 6.07 Å². The molecular formula is C12H10N4O2. The van der Waals surface area contributed by atoms with Gasteiger partial charge in [-0.25, -0.2) is 14.5 Å². The van der Waals surface area contributed by atoms with E-state index in [1.54, 1.807) is 35.3 Å². The number of rotatable bonds is 3. The molecule has 0 bridgehead atoms. The zero-order valence-corrected chi connectivity index (χ0v) is 9.65. The maximum atomic E-state index is 11.6. The summed E-state index contributed by atoms with van der Waals surface area (Å²) in [5.41, 5.74) is 1.18. The highest BCUT2D eigenvalue weighted by atomic mass is 16.5. The van der Waals surface area contributed by atoms with Crippen LogP contribution in [0.25, 0.3) is 5.69 Å². The lowest BCUT2D eigenvalue weighted by molar-refractivity contribution is 0.0435. The molecule has 0 fully saturated rings. The number of ether oxygens (including phenoxy) is 1. The highest BCUT2D eigenvalue weighted by Gasteiger charge is 2.11. The minimum absolute atomic E-state index is 0.390. The quantitative estimate of drug-likeness (QED) is 0.758. The lowest BCUT2D eigenvalue weighted by Gasteiger charge is -2.06. The van der Waals surface area contributed by atoms with Crippen LogP contribution in [0.3, 0.4) is 0 Å². The maximum Gasteiger partial charge on any atom is 0.339 e. The first-order chi connectivity index (χ1) is 8.70. The molecule has 2 aromatic rings. The lowest BCUT2D eigenvalue weighted by atomic mass is 10.2. The summed E-state index contributed by atoms with van der Waals surface area (Å²) >= 11 is 0. The summed E-state index contributed by atoms with van der Waals surface area (Å²) in [6.45, 7) is 1.52. The Labute approximate surface area is 103 Å². The molecule has 0 N–H and O–H groups in total. The third-order valence-corrected chi connectivity index (χ3v) is 2.25. The molecule has 0 spiro atoms. The molecule has 0 amide bonds. The molecule has 1 heterocycles. The van der Waals surface area contributed by atoms with E-state index in [1.165, 1.54) is 13.3 Å². The van der Waals surface area contributed by atoms with E-state index < -0.39 is 12.1 Å². The maximum absolute atomic E-state index is 11.6. The van der Waals surface area contributed by atoms with Gasteiger partial charge in [-0.05, 0) is 31.2 Å².